The Kier molecular flexibility index (Phi) is 3.42. The lowest BCUT2D eigenvalue weighted by Crippen LogP contribution is -2.19. The molecule has 0 unspecified atom stereocenters. The number of nitrogens with zero attached hydrogens (tertiary/aromatic N) is 1. The van der Waals surface area contributed by atoms with E-state index in [1.807, 2.05) is 0 Å². The van der Waals surface area contributed by atoms with E-state index in [0.29, 0.717) is 0 Å². The number of rotatable bonds is 4. The van der Waals surface area contributed by atoms with Crippen LogP contribution in [0, 0.1) is 0 Å². The number of hydrogen-bond donors (Lipinski definition) is 1. The van der Waals surface area contributed by atoms with Gasteiger partial charge in [-0.3, -0.25) is 4.98 Å². The molecular formula is C19H24N2. The van der Waals surface area contributed by atoms with Gasteiger partial charge >= 0.3 is 0 Å². The molecule has 1 saturated carbocycles. The summed E-state index contributed by atoms with van der Waals surface area (Å²) >= 11 is 0. The molecule has 1 aromatic carbocycles. The average molecular weight is 280 g/mol. The van der Waals surface area contributed by atoms with Crippen LogP contribution in [0.25, 0.3) is 10.9 Å². The lowest BCUT2D eigenvalue weighted by atomic mass is 9.89. The number of para-hydroxylation sites is 1. The van der Waals surface area contributed by atoms with Crippen molar-refractivity contribution in [2.45, 2.75) is 64.5 Å². The van der Waals surface area contributed by atoms with E-state index in [9.17, 15) is 0 Å². The van der Waals surface area contributed by atoms with Gasteiger partial charge < -0.3 is 5.32 Å². The number of aromatic nitrogens is 1. The van der Waals surface area contributed by atoms with Gasteiger partial charge in [-0.1, -0.05) is 25.1 Å². The molecule has 21 heavy (non-hydrogen) atoms. The van der Waals surface area contributed by atoms with Crippen LogP contribution in [-0.2, 0) is 25.8 Å². The second-order valence-electron chi connectivity index (χ2n) is 6.54. The second kappa shape index (κ2) is 5.42. The standard InChI is InChI=1S/C19H24N2/c1-2-13-6-5-8-16-17(12-20-14-10-11-14)15-7-3-4-9-18(15)21-19(13)16/h5-6,8,14,20H,2-4,7,9-12H2,1H3. The first-order chi connectivity index (χ1) is 10.4. The lowest BCUT2D eigenvalue weighted by Gasteiger charge is -2.22. The van der Waals surface area contributed by atoms with Gasteiger partial charge in [0.1, 0.15) is 0 Å². The largest absolute Gasteiger partial charge is 0.310 e. The highest BCUT2D eigenvalue weighted by Crippen LogP contribution is 2.31. The normalized spacial score (nSPS) is 18.0. The van der Waals surface area contributed by atoms with Crippen LogP contribution in [0.4, 0.5) is 0 Å². The topological polar surface area (TPSA) is 24.9 Å². The van der Waals surface area contributed by atoms with Crippen LogP contribution >= 0.6 is 0 Å². The molecule has 1 fully saturated rings. The highest BCUT2D eigenvalue weighted by molar-refractivity contribution is 5.86. The fourth-order valence-electron chi connectivity index (χ4n) is 3.62. The minimum atomic E-state index is 0.766. The van der Waals surface area contributed by atoms with Crippen LogP contribution in [0.3, 0.4) is 0 Å². The van der Waals surface area contributed by atoms with Gasteiger partial charge in [-0.15, -0.1) is 0 Å². The number of pyridine rings is 1. The third-order valence-corrected chi connectivity index (χ3v) is 5.02. The molecule has 1 N–H and O–H groups in total. The fraction of sp³-hybridized carbons (Fsp3) is 0.526. The van der Waals surface area contributed by atoms with Crippen molar-refractivity contribution >= 4 is 10.9 Å². The maximum absolute atomic E-state index is 5.06. The van der Waals surface area contributed by atoms with Gasteiger partial charge in [0.15, 0.2) is 0 Å². The van der Waals surface area contributed by atoms with Crippen LogP contribution in [0.1, 0.15) is 55.0 Å². The maximum atomic E-state index is 5.06. The summed E-state index contributed by atoms with van der Waals surface area (Å²) in [6, 6.07) is 7.49. The van der Waals surface area contributed by atoms with Gasteiger partial charge in [0, 0.05) is 23.7 Å². The summed E-state index contributed by atoms with van der Waals surface area (Å²) < 4.78 is 0. The molecule has 2 aromatic rings. The van der Waals surface area contributed by atoms with E-state index in [1.165, 1.54) is 66.2 Å². The number of nitrogens with one attached hydrogen (secondary N) is 1. The third-order valence-electron chi connectivity index (χ3n) is 5.02. The fourth-order valence-corrected chi connectivity index (χ4v) is 3.62. The Morgan fingerprint density at radius 3 is 2.86 bits per heavy atom. The van der Waals surface area contributed by atoms with Crippen LogP contribution in [0.15, 0.2) is 18.2 Å². The Bertz CT molecular complexity index is 671. The highest BCUT2D eigenvalue weighted by Gasteiger charge is 2.23. The SMILES string of the molecule is CCc1cccc2c(CNC3CC3)c3c(nc12)CCCC3. The molecule has 0 atom stereocenters. The smallest absolute Gasteiger partial charge is 0.0740 e. The van der Waals surface area contributed by atoms with E-state index in [2.05, 4.69) is 30.4 Å². The van der Waals surface area contributed by atoms with Crippen molar-refractivity contribution < 1.29 is 0 Å². The zero-order chi connectivity index (χ0) is 14.2. The molecule has 0 aliphatic heterocycles. The summed E-state index contributed by atoms with van der Waals surface area (Å²) in [5.74, 6) is 0. The minimum absolute atomic E-state index is 0.766. The summed E-state index contributed by atoms with van der Waals surface area (Å²) in [4.78, 5) is 5.06. The molecule has 2 aliphatic carbocycles. The van der Waals surface area contributed by atoms with Gasteiger partial charge in [0.05, 0.1) is 5.52 Å². The van der Waals surface area contributed by atoms with Crippen molar-refractivity contribution in [1.82, 2.24) is 10.3 Å². The monoisotopic (exact) mass is 280 g/mol. The Morgan fingerprint density at radius 1 is 1.19 bits per heavy atom. The molecule has 0 amide bonds. The summed E-state index contributed by atoms with van der Waals surface area (Å²) in [6.45, 7) is 3.26. The van der Waals surface area contributed by atoms with E-state index in [0.717, 1.165) is 19.0 Å². The van der Waals surface area contributed by atoms with Crippen molar-refractivity contribution in [3.05, 3.63) is 40.6 Å². The van der Waals surface area contributed by atoms with E-state index in [4.69, 9.17) is 4.98 Å². The molecule has 2 nitrogen and oxygen atoms in total. The molecule has 0 radical (unpaired) electrons. The molecular weight excluding hydrogens is 256 g/mol. The molecule has 2 heteroatoms. The van der Waals surface area contributed by atoms with Crippen molar-refractivity contribution in [3.8, 4) is 0 Å². The van der Waals surface area contributed by atoms with Crippen LogP contribution in [-0.4, -0.2) is 11.0 Å². The molecule has 1 aromatic heterocycles. The maximum Gasteiger partial charge on any atom is 0.0740 e. The molecule has 0 spiro atoms. The zero-order valence-corrected chi connectivity index (χ0v) is 12.9. The predicted molar refractivity (Wildman–Crippen MR) is 87.6 cm³/mol. The van der Waals surface area contributed by atoms with E-state index >= 15 is 0 Å². The molecule has 0 saturated heterocycles. The first-order valence-corrected chi connectivity index (χ1v) is 8.52. The quantitative estimate of drug-likeness (QED) is 0.918. The lowest BCUT2D eigenvalue weighted by molar-refractivity contribution is 0.642. The second-order valence-corrected chi connectivity index (χ2v) is 6.54. The van der Waals surface area contributed by atoms with Crippen LogP contribution in [0.2, 0.25) is 0 Å². The summed E-state index contributed by atoms with van der Waals surface area (Å²) in [5, 5.41) is 5.12. The van der Waals surface area contributed by atoms with Gasteiger partial charge in [-0.25, -0.2) is 0 Å². The Labute approximate surface area is 127 Å². The van der Waals surface area contributed by atoms with Gasteiger partial charge in [0.2, 0.25) is 0 Å². The number of hydrogen-bond acceptors (Lipinski definition) is 2. The van der Waals surface area contributed by atoms with Gasteiger partial charge in [-0.05, 0) is 61.6 Å². The van der Waals surface area contributed by atoms with E-state index in [-0.39, 0.29) is 0 Å². The van der Waals surface area contributed by atoms with E-state index < -0.39 is 0 Å². The first-order valence-electron chi connectivity index (χ1n) is 8.52. The summed E-state index contributed by atoms with van der Waals surface area (Å²) in [5.41, 5.74) is 7.12. The van der Waals surface area contributed by atoms with Crippen molar-refractivity contribution in [2.75, 3.05) is 0 Å². The Balaban J connectivity index is 1.88. The number of aryl methyl sites for hydroxylation is 2. The Hall–Kier alpha value is -1.41. The zero-order valence-electron chi connectivity index (χ0n) is 12.9. The third kappa shape index (κ3) is 2.46. The molecule has 1 heterocycles. The number of benzene rings is 1. The van der Waals surface area contributed by atoms with Crippen molar-refractivity contribution in [1.29, 1.82) is 0 Å². The van der Waals surface area contributed by atoms with Gasteiger partial charge in [-0.2, -0.15) is 0 Å². The average Bonchev–Trinajstić information content (AvgIpc) is 3.35. The van der Waals surface area contributed by atoms with Crippen LogP contribution < -0.4 is 5.32 Å². The molecule has 4 rings (SSSR count). The molecule has 0 bridgehead atoms. The van der Waals surface area contributed by atoms with Gasteiger partial charge in [0.25, 0.3) is 0 Å². The predicted octanol–water partition coefficient (Wildman–Crippen LogP) is 3.93. The first kappa shape index (κ1) is 13.3. The molecule has 2 aliphatic rings. The summed E-state index contributed by atoms with van der Waals surface area (Å²) in [6.07, 6.45) is 8.78. The van der Waals surface area contributed by atoms with Crippen LogP contribution in [0.5, 0.6) is 0 Å². The van der Waals surface area contributed by atoms with Crippen molar-refractivity contribution in [2.24, 2.45) is 0 Å². The summed E-state index contributed by atoms with van der Waals surface area (Å²) in [7, 11) is 0. The van der Waals surface area contributed by atoms with E-state index in [1.54, 1.807) is 5.56 Å². The number of fused-ring (bicyclic) bond motifs is 2. The minimum Gasteiger partial charge on any atom is -0.310 e. The Morgan fingerprint density at radius 2 is 2.05 bits per heavy atom. The molecule has 110 valence electrons. The van der Waals surface area contributed by atoms with Crippen molar-refractivity contribution in [3.63, 3.8) is 0 Å². The highest BCUT2D eigenvalue weighted by atomic mass is 14.9.